The highest BCUT2D eigenvalue weighted by Crippen LogP contribution is 2.47. The monoisotopic (exact) mass is 1750 g/mol. The third-order valence-corrected chi connectivity index (χ3v) is 19.1. The second-order valence-corrected chi connectivity index (χ2v) is 28.4. The molecular weight excluding hydrogens is 1500 g/mol. The van der Waals surface area contributed by atoms with E-state index in [1.54, 1.807) is 0 Å². The zero-order valence-corrected chi connectivity index (χ0v) is 66.7. The number of hydrogen-bond acceptors (Lipinski definition) is 18. The molecule has 6 fully saturated rings. The largest absolute Gasteiger partial charge is 0.497 e. The van der Waals surface area contributed by atoms with Crippen LogP contribution >= 0.6 is 0 Å². The summed E-state index contributed by atoms with van der Waals surface area (Å²) in [4.78, 5) is 2.95. The Hall–Kier alpha value is -6.36. The fourth-order valence-electron chi connectivity index (χ4n) is 13.2. The Balaban J connectivity index is 0.000000325. The summed E-state index contributed by atoms with van der Waals surface area (Å²) in [5, 5.41) is 70.0. The molecule has 6 atom stereocenters. The van der Waals surface area contributed by atoms with E-state index in [-0.39, 0.29) is 104 Å². The molecule has 0 aliphatic heterocycles. The molecule has 6 aromatic carbocycles. The second-order valence-electron chi connectivity index (χ2n) is 28.4. The normalized spacial score (nSPS) is 40.8. The predicted octanol–water partition coefficient (Wildman–Crippen LogP) is 18.2. The first-order valence-electron chi connectivity index (χ1n) is 79.1. The van der Waals surface area contributed by atoms with Crippen molar-refractivity contribution in [1.29, 1.82) is 0 Å². The molecule has 6 aliphatic carbocycles. The van der Waals surface area contributed by atoms with Crippen molar-refractivity contribution >= 4 is 0 Å². The molecule has 0 bridgehead atoms. The van der Waals surface area contributed by atoms with Crippen LogP contribution in [0.3, 0.4) is 0 Å². The number of rotatable bonds is 30. The van der Waals surface area contributed by atoms with Gasteiger partial charge >= 0.3 is 0 Å². The molecule has 0 saturated heterocycles. The molecule has 18 nitrogen and oxygen atoms in total. The van der Waals surface area contributed by atoms with Crippen LogP contribution in [0.5, 0.6) is 34.5 Å². The summed E-state index contributed by atoms with van der Waals surface area (Å²) < 4.78 is 695. The quantitative estimate of drug-likeness (QED) is 0.0249. The molecule has 0 aromatic heterocycles. The van der Waals surface area contributed by atoms with Crippen molar-refractivity contribution in [3.05, 3.63) is 179 Å². The Morgan fingerprint density at radius 3 is 0.758 bits per heavy atom. The van der Waals surface area contributed by atoms with Crippen LogP contribution in [-0.2, 0) is 0 Å². The number of ether oxygens (including phenoxy) is 6. The summed E-state index contributed by atoms with van der Waals surface area (Å²) in [5.41, 5.74) is -19.9. The van der Waals surface area contributed by atoms with Gasteiger partial charge < -0.3 is 88.5 Å². The predicted molar refractivity (Wildman–Crippen MR) is 494 cm³/mol. The lowest BCUT2D eigenvalue weighted by molar-refractivity contribution is -0.0280. The third kappa shape index (κ3) is 31.1. The van der Waals surface area contributed by atoms with Gasteiger partial charge in [0.15, 0.2) is 0 Å². The van der Waals surface area contributed by atoms with Gasteiger partial charge in [-0.25, -0.2) is 0 Å². The summed E-state index contributed by atoms with van der Waals surface area (Å²) in [5.74, 6) is -14.4. The molecule has 6 aliphatic rings. The minimum absolute atomic E-state index is 0.00327. The van der Waals surface area contributed by atoms with Crippen LogP contribution in [-0.4, -0.2) is 259 Å². The number of likely N-dealkylation sites (N-methyl/N-ethyl adjacent to an activating group) is 6. The van der Waals surface area contributed by atoms with Crippen molar-refractivity contribution < 1.29 is 174 Å². The lowest BCUT2D eigenvalue weighted by Gasteiger charge is -2.40. The summed E-state index contributed by atoms with van der Waals surface area (Å²) in [6, 6.07) is 26.8. The molecule has 18 heteroatoms. The molecule has 0 heterocycles. The molecule has 6 unspecified atom stereocenters. The zero-order valence-electron chi connectivity index (χ0n) is 151. The van der Waals surface area contributed by atoms with E-state index >= 15 is 0 Å². The van der Waals surface area contributed by atoms with Crippen LogP contribution in [0.25, 0.3) is 0 Å². The van der Waals surface area contributed by atoms with E-state index in [0.717, 1.165) is 129 Å². The van der Waals surface area contributed by atoms with Gasteiger partial charge in [0.05, 0.1) is 101 Å². The lowest BCUT2D eigenvalue weighted by atomic mass is 9.72. The molecule has 120 heavy (non-hydrogen) atoms. The summed E-state index contributed by atoms with van der Waals surface area (Å²) in [7, 11) is -9.25. The van der Waals surface area contributed by atoms with Crippen LogP contribution in [0.1, 0.15) is 376 Å². The Kier molecular flexibility index (Phi) is 14.5. The van der Waals surface area contributed by atoms with E-state index in [1.807, 2.05) is 0 Å². The highest BCUT2D eigenvalue weighted by molar-refractivity contribution is 5.37. The molecule has 0 amide bonds. The van der Waals surface area contributed by atoms with E-state index in [0.29, 0.717) is 35.5 Å². The van der Waals surface area contributed by atoms with E-state index < -0.39 is 319 Å². The van der Waals surface area contributed by atoms with Crippen molar-refractivity contribution in [3.63, 3.8) is 0 Å². The van der Waals surface area contributed by atoms with Gasteiger partial charge in [0, 0.05) is 165 Å². The van der Waals surface area contributed by atoms with Crippen LogP contribution in [0.15, 0.2) is 146 Å². The van der Waals surface area contributed by atoms with Crippen LogP contribution in [0.4, 0.5) is 0 Å². The van der Waals surface area contributed by atoms with Crippen molar-refractivity contribution in [2.24, 2.45) is 0 Å². The van der Waals surface area contributed by atoms with Gasteiger partial charge in [0.2, 0.25) is 0 Å². The first-order chi connectivity index (χ1) is 89.6. The molecule has 0 spiro atoms. The minimum atomic E-state index is -4.02. The van der Waals surface area contributed by atoms with Gasteiger partial charge in [-0.05, 0) is 267 Å². The van der Waals surface area contributed by atoms with E-state index in [1.165, 1.54) is 81.6 Å². The van der Waals surface area contributed by atoms with Crippen molar-refractivity contribution in [2.75, 3.05) is 165 Å². The average molecular weight is 1750 g/mol. The maximum absolute atomic E-state index is 11.9. The number of hydrogen-bond donors (Lipinski definition) is 6. The zero-order chi connectivity index (χ0) is 161. The fraction of sp³-hybridized carbons (Fsp3) is 0.647. The summed E-state index contributed by atoms with van der Waals surface area (Å²) in [6.45, 7) is -31.1. The lowest BCUT2D eigenvalue weighted by Crippen LogP contribution is -2.42. The summed E-state index contributed by atoms with van der Waals surface area (Å²) >= 11 is 0. The maximum Gasteiger partial charge on any atom is 0.118 e. The Morgan fingerprint density at radius 1 is 0.275 bits per heavy atom. The molecule has 6 aromatic rings. The number of nitrogens with zero attached hydrogens (tertiary/aromatic N) is 6. The molecule has 6 saturated carbocycles. The van der Waals surface area contributed by atoms with Crippen molar-refractivity contribution in [2.45, 2.75) is 261 Å². The van der Waals surface area contributed by atoms with Gasteiger partial charge in [-0.3, -0.25) is 0 Å². The van der Waals surface area contributed by atoms with Crippen LogP contribution in [0, 0.1) is 0 Å². The maximum atomic E-state index is 11.9. The van der Waals surface area contributed by atoms with E-state index in [4.69, 9.17) is 142 Å². The van der Waals surface area contributed by atoms with Crippen molar-refractivity contribution in [3.8, 4) is 34.5 Å². The molecular formula is C102H162N6O12. The average Bonchev–Trinajstić information content (AvgIpc) is 0.672. The highest BCUT2D eigenvalue weighted by Gasteiger charge is 2.45. The number of aliphatic hydroxyl groups is 6. The Morgan fingerprint density at radius 2 is 0.508 bits per heavy atom. The van der Waals surface area contributed by atoms with E-state index in [9.17, 15) is 32.0 Å². The van der Waals surface area contributed by atoms with Crippen molar-refractivity contribution in [1.82, 2.24) is 29.4 Å². The van der Waals surface area contributed by atoms with Gasteiger partial charge in [0.25, 0.3) is 0 Å². The number of benzene rings is 6. The molecule has 0 radical (unpaired) electrons. The van der Waals surface area contributed by atoms with Crippen LogP contribution in [0.2, 0.25) is 0 Å². The smallest absolute Gasteiger partial charge is 0.118 e. The van der Waals surface area contributed by atoms with Gasteiger partial charge in [-0.1, -0.05) is 188 Å². The minimum Gasteiger partial charge on any atom is -0.497 e. The summed E-state index contributed by atoms with van der Waals surface area (Å²) in [6.07, 6.45) is -72.4. The SMILES string of the molecule is [2H]C([2H])([2H])Oc1ccc(C(C([2H])([2H])N(C)C)C2(O)C([2H])([2H])C([2H])([2H])C([2H])([2H])C([2H])([2H])C2([2H])[2H])cc1.[2H]C([2H])([2H])Oc1ccc(C(CN(C([2H])([2H])[2H])C([2H])([2H])[2H])C2(O)C([2H])([2H])C([2H])([2H])C([2H])([2H])C([2H])([2H])C2([2H])[2H])cc1.[2H]C([2H])([2H])Oc1ccc(C(CN(C)C([2H])([2H])[2H])C2(O)C([2H])([2H])C([2H])([2H])C([2H])([2H])C([2H])([2H])C2([2H])[2H])cc1.[2H]C([2H])([2H])Oc1ccc(C(CN(C)C)C2(O)C([2H])([2H])C([2H])([2H])C([2H])([2H])C([2H])([2H])C2([2H])[2H])cc1.[2H]C([2H])([2H])Oc1ccc(C([2H])(C2(O)CCCCC2)C([2H])([2H])N(C([2H])([2H])[2H])C([2H])([2H])[2H])cc1.[2H]C([2H])([2H])Oc1ccc(C([2H])(C2(O)CCCCC2)C([2H])([2H])N(C)C([2H])([2H])[2H])cc1. The fourth-order valence-corrected chi connectivity index (χ4v) is 13.2. The number of methoxy groups -OCH3 is 6. The second kappa shape index (κ2) is 50.0. The Labute approximate surface area is 844 Å². The Bertz CT molecular complexity index is 7380. The van der Waals surface area contributed by atoms with Gasteiger partial charge in [-0.2, -0.15) is 0 Å². The molecule has 672 valence electrons. The third-order valence-electron chi connectivity index (χ3n) is 19.1. The molecule has 6 N–H and O–H groups in total. The standard InChI is InChI=1S/6C17H27NO2/c6*1-18(2)13-16(17(19)11-5-4-6-12-17)14-7-9-15(20-3)10-8-14/h6*7-10,16,19H,4-6,11-13H2,1-3H3/i1D3,2D3,3D3,4D2,5D2,6D2,11D2,12D2;3D3,4D2,5D2,6D2,11D2,12D2,13D2;1D3,3D3,4D2,5D2,6D2,11D2,12D2;3D3,4D2,5D2,6D2,11D2,12D2;1D3,2D3,3D3,13D2,16D;1D3,3D3,13D2,16D. The first-order valence-corrected chi connectivity index (χ1v) is 37.1. The topological polar surface area (TPSA) is 196 Å². The van der Waals surface area contributed by atoms with Gasteiger partial charge in [-0.15, -0.1) is 0 Å². The highest BCUT2D eigenvalue weighted by atomic mass is 16.5. The molecule has 12 rings (SSSR count). The van der Waals surface area contributed by atoms with Gasteiger partial charge in [0.1, 0.15) is 34.5 Å². The van der Waals surface area contributed by atoms with E-state index in [2.05, 4.69) is 0 Å². The van der Waals surface area contributed by atoms with Crippen LogP contribution < -0.4 is 28.4 Å². The first kappa shape index (κ1) is 34.8.